The van der Waals surface area contributed by atoms with Crippen molar-refractivity contribution in [3.63, 3.8) is 0 Å². The van der Waals surface area contributed by atoms with Gasteiger partial charge in [-0.05, 0) is 18.2 Å². The average Bonchev–Trinajstić information content (AvgIpc) is 2.17. The van der Waals surface area contributed by atoms with Crippen LogP contribution in [-0.4, -0.2) is 31.1 Å². The largest absolute Gasteiger partial charge is 0.395 e. The summed E-state index contributed by atoms with van der Waals surface area (Å²) in [5.74, 6) is 0.0299. The molecule has 1 rings (SSSR count). The van der Waals surface area contributed by atoms with Crippen molar-refractivity contribution in [3.8, 4) is 0 Å². The summed E-state index contributed by atoms with van der Waals surface area (Å²) in [5.41, 5.74) is 6.99. The molecule has 0 unspecified atom stereocenters. The standard InChI is InChI=1S/C10H14BrN3O/c1-14(4-5-15)9-6-7(11)2-3-8(9)10(12)13/h2-3,6,15H,4-5H2,1H3,(H3,12,13). The highest BCUT2D eigenvalue weighted by molar-refractivity contribution is 9.10. The summed E-state index contributed by atoms with van der Waals surface area (Å²) in [7, 11) is 1.85. The van der Waals surface area contributed by atoms with Crippen LogP contribution in [0.25, 0.3) is 0 Å². The molecule has 1 aromatic rings. The Morgan fingerprint density at radius 1 is 1.60 bits per heavy atom. The Morgan fingerprint density at radius 2 is 2.27 bits per heavy atom. The van der Waals surface area contributed by atoms with Crippen LogP contribution in [0.3, 0.4) is 0 Å². The number of nitrogens with one attached hydrogen (secondary N) is 1. The number of amidine groups is 1. The Labute approximate surface area is 97.3 Å². The number of anilines is 1. The maximum absolute atomic E-state index is 8.86. The molecule has 0 aliphatic heterocycles. The number of nitrogen functional groups attached to an aromatic ring is 1. The number of rotatable bonds is 4. The van der Waals surface area contributed by atoms with E-state index in [-0.39, 0.29) is 12.4 Å². The Balaban J connectivity index is 3.12. The number of nitrogens with two attached hydrogens (primary N) is 1. The third kappa shape index (κ3) is 2.94. The molecule has 82 valence electrons. The van der Waals surface area contributed by atoms with E-state index in [4.69, 9.17) is 16.2 Å². The predicted octanol–water partition coefficient (Wildman–Crippen LogP) is 1.16. The maximum Gasteiger partial charge on any atom is 0.124 e. The van der Waals surface area contributed by atoms with Crippen molar-refractivity contribution in [2.45, 2.75) is 0 Å². The van der Waals surface area contributed by atoms with E-state index in [1.807, 2.05) is 24.1 Å². The van der Waals surface area contributed by atoms with Gasteiger partial charge in [0.2, 0.25) is 0 Å². The topological polar surface area (TPSA) is 73.3 Å². The van der Waals surface area contributed by atoms with Gasteiger partial charge in [-0.2, -0.15) is 0 Å². The summed E-state index contributed by atoms with van der Waals surface area (Å²) in [5, 5.41) is 16.3. The molecule has 15 heavy (non-hydrogen) atoms. The number of benzene rings is 1. The van der Waals surface area contributed by atoms with Gasteiger partial charge in [-0.25, -0.2) is 0 Å². The Kier molecular flexibility index (Phi) is 4.11. The van der Waals surface area contributed by atoms with Gasteiger partial charge in [0.25, 0.3) is 0 Å². The maximum atomic E-state index is 8.86. The fourth-order valence-corrected chi connectivity index (χ4v) is 1.67. The van der Waals surface area contributed by atoms with Crippen molar-refractivity contribution in [3.05, 3.63) is 28.2 Å². The lowest BCUT2D eigenvalue weighted by Gasteiger charge is -2.21. The molecule has 4 nitrogen and oxygen atoms in total. The quantitative estimate of drug-likeness (QED) is 0.569. The summed E-state index contributed by atoms with van der Waals surface area (Å²) in [6.45, 7) is 0.580. The first-order valence-electron chi connectivity index (χ1n) is 4.52. The van der Waals surface area contributed by atoms with Crippen molar-refractivity contribution in [2.24, 2.45) is 5.73 Å². The molecule has 0 radical (unpaired) electrons. The molecule has 0 fully saturated rings. The van der Waals surface area contributed by atoms with Crippen LogP contribution in [0.15, 0.2) is 22.7 Å². The molecule has 0 heterocycles. The first-order valence-corrected chi connectivity index (χ1v) is 5.31. The van der Waals surface area contributed by atoms with Gasteiger partial charge >= 0.3 is 0 Å². The molecule has 0 aromatic heterocycles. The van der Waals surface area contributed by atoms with Gasteiger partial charge in [-0.15, -0.1) is 0 Å². The fraction of sp³-hybridized carbons (Fsp3) is 0.300. The first kappa shape index (κ1) is 12.0. The van der Waals surface area contributed by atoms with Crippen LogP contribution in [0.5, 0.6) is 0 Å². The predicted molar refractivity (Wildman–Crippen MR) is 65.5 cm³/mol. The van der Waals surface area contributed by atoms with E-state index < -0.39 is 0 Å². The molecule has 4 N–H and O–H groups in total. The van der Waals surface area contributed by atoms with Crippen molar-refractivity contribution in [1.82, 2.24) is 0 Å². The molecule has 0 aliphatic carbocycles. The van der Waals surface area contributed by atoms with Gasteiger partial charge < -0.3 is 15.7 Å². The van der Waals surface area contributed by atoms with E-state index in [1.165, 1.54) is 0 Å². The molecular formula is C10H14BrN3O. The lowest BCUT2D eigenvalue weighted by molar-refractivity contribution is 0.304. The number of aliphatic hydroxyl groups is 1. The lowest BCUT2D eigenvalue weighted by atomic mass is 10.1. The van der Waals surface area contributed by atoms with Gasteiger partial charge in [-0.1, -0.05) is 15.9 Å². The minimum atomic E-state index is 0.0299. The van der Waals surface area contributed by atoms with Crippen molar-refractivity contribution in [1.29, 1.82) is 5.41 Å². The molecule has 0 saturated carbocycles. The second-order valence-corrected chi connectivity index (χ2v) is 4.14. The minimum Gasteiger partial charge on any atom is -0.395 e. The molecule has 0 saturated heterocycles. The highest BCUT2D eigenvalue weighted by Gasteiger charge is 2.09. The summed E-state index contributed by atoms with van der Waals surface area (Å²) in [6, 6.07) is 5.51. The van der Waals surface area contributed by atoms with Crippen molar-refractivity contribution in [2.75, 3.05) is 25.1 Å². The number of hydrogen-bond donors (Lipinski definition) is 3. The molecule has 0 aliphatic rings. The Morgan fingerprint density at radius 3 is 2.80 bits per heavy atom. The fourth-order valence-electron chi connectivity index (χ4n) is 1.32. The molecule has 0 spiro atoms. The van der Waals surface area contributed by atoms with E-state index in [2.05, 4.69) is 15.9 Å². The first-order chi connectivity index (χ1) is 7.06. The number of likely N-dealkylation sites (N-methyl/N-ethyl adjacent to an activating group) is 1. The summed E-state index contributed by atoms with van der Waals surface area (Å²) < 4.78 is 0.923. The number of aliphatic hydroxyl groups excluding tert-OH is 1. The number of nitrogens with zero attached hydrogens (tertiary/aromatic N) is 1. The SMILES string of the molecule is CN(CCO)c1cc(Br)ccc1C(=N)N. The summed E-state index contributed by atoms with van der Waals surface area (Å²) in [6.07, 6.45) is 0. The third-order valence-electron chi connectivity index (χ3n) is 2.10. The number of hydrogen-bond acceptors (Lipinski definition) is 3. The lowest BCUT2D eigenvalue weighted by Crippen LogP contribution is -2.25. The van der Waals surface area contributed by atoms with E-state index in [0.29, 0.717) is 12.1 Å². The molecule has 1 aromatic carbocycles. The van der Waals surface area contributed by atoms with E-state index in [1.54, 1.807) is 6.07 Å². The van der Waals surface area contributed by atoms with Gasteiger partial charge in [0.15, 0.2) is 0 Å². The van der Waals surface area contributed by atoms with Gasteiger partial charge in [0.05, 0.1) is 6.61 Å². The second kappa shape index (κ2) is 5.14. The number of halogens is 1. The molecule has 0 atom stereocenters. The smallest absolute Gasteiger partial charge is 0.124 e. The van der Waals surface area contributed by atoms with Crippen LogP contribution in [0, 0.1) is 5.41 Å². The molecule has 0 amide bonds. The third-order valence-corrected chi connectivity index (χ3v) is 2.59. The van der Waals surface area contributed by atoms with Crippen LogP contribution in [0.1, 0.15) is 5.56 Å². The highest BCUT2D eigenvalue weighted by Crippen LogP contribution is 2.23. The average molecular weight is 272 g/mol. The Bertz CT molecular complexity index is 368. The van der Waals surface area contributed by atoms with Crippen LogP contribution < -0.4 is 10.6 Å². The Hall–Kier alpha value is -1.07. The minimum absolute atomic E-state index is 0.0299. The molecular weight excluding hydrogens is 258 g/mol. The van der Waals surface area contributed by atoms with Crippen molar-refractivity contribution >= 4 is 27.5 Å². The highest BCUT2D eigenvalue weighted by atomic mass is 79.9. The van der Waals surface area contributed by atoms with E-state index >= 15 is 0 Å². The summed E-state index contributed by atoms with van der Waals surface area (Å²) in [4.78, 5) is 1.86. The zero-order valence-electron chi connectivity index (χ0n) is 8.50. The van der Waals surface area contributed by atoms with Crippen LogP contribution in [0.4, 0.5) is 5.69 Å². The van der Waals surface area contributed by atoms with Gasteiger partial charge in [-0.3, -0.25) is 5.41 Å². The second-order valence-electron chi connectivity index (χ2n) is 3.22. The molecule has 5 heteroatoms. The zero-order chi connectivity index (χ0) is 11.4. The molecule has 0 bridgehead atoms. The van der Waals surface area contributed by atoms with Crippen molar-refractivity contribution < 1.29 is 5.11 Å². The summed E-state index contributed by atoms with van der Waals surface area (Å²) >= 11 is 3.36. The van der Waals surface area contributed by atoms with E-state index in [0.717, 1.165) is 10.2 Å². The normalized spacial score (nSPS) is 10.1. The monoisotopic (exact) mass is 271 g/mol. The van der Waals surface area contributed by atoms with Gasteiger partial charge in [0.1, 0.15) is 5.84 Å². The van der Waals surface area contributed by atoms with Crippen LogP contribution in [0.2, 0.25) is 0 Å². The zero-order valence-corrected chi connectivity index (χ0v) is 10.1. The van der Waals surface area contributed by atoms with Gasteiger partial charge in [0, 0.05) is 29.3 Å². The van der Waals surface area contributed by atoms with Crippen LogP contribution >= 0.6 is 15.9 Å². The van der Waals surface area contributed by atoms with E-state index in [9.17, 15) is 0 Å². The van der Waals surface area contributed by atoms with Crippen LogP contribution in [-0.2, 0) is 0 Å².